The van der Waals surface area contributed by atoms with E-state index < -0.39 is 0 Å². The Hall–Kier alpha value is -0.0400. The van der Waals surface area contributed by atoms with Crippen LogP contribution in [0.25, 0.3) is 0 Å². The van der Waals surface area contributed by atoms with Crippen LogP contribution in [0.4, 0.5) is 0 Å². The first-order valence-corrected chi connectivity index (χ1v) is 4.96. The summed E-state index contributed by atoms with van der Waals surface area (Å²) in [6, 6.07) is 0. The molecule has 0 radical (unpaired) electrons. The highest BCUT2D eigenvalue weighted by molar-refractivity contribution is 4.68. The molecule has 1 saturated heterocycles. The van der Waals surface area contributed by atoms with Gasteiger partial charge in [-0.3, -0.25) is 0 Å². The topological polar surface area (TPSA) is 9.23 Å². The van der Waals surface area contributed by atoms with E-state index in [-0.39, 0.29) is 0 Å². The Balaban J connectivity index is 0.000000461. The van der Waals surface area contributed by atoms with Crippen LogP contribution in [0.2, 0.25) is 0 Å². The van der Waals surface area contributed by atoms with Gasteiger partial charge in [-0.2, -0.15) is 0 Å². The monoisotopic (exact) mass is 158 g/mol. The maximum atomic E-state index is 5.54. The maximum absolute atomic E-state index is 5.54. The van der Waals surface area contributed by atoms with E-state index in [1.165, 1.54) is 19.3 Å². The molecule has 0 spiro atoms. The summed E-state index contributed by atoms with van der Waals surface area (Å²) < 4.78 is 5.54. The van der Waals surface area contributed by atoms with Gasteiger partial charge < -0.3 is 4.74 Å². The van der Waals surface area contributed by atoms with Gasteiger partial charge in [-0.05, 0) is 25.2 Å². The molecule has 1 aliphatic heterocycles. The number of ether oxygens (including phenoxy) is 1. The molecule has 0 aromatic rings. The van der Waals surface area contributed by atoms with Crippen molar-refractivity contribution in [3.8, 4) is 0 Å². The summed E-state index contributed by atoms with van der Waals surface area (Å²) in [6.07, 6.45) is 4.36. The summed E-state index contributed by atoms with van der Waals surface area (Å²) in [5, 5.41) is 0. The van der Waals surface area contributed by atoms with Gasteiger partial charge in [0.1, 0.15) is 0 Å². The van der Waals surface area contributed by atoms with Crippen molar-refractivity contribution in [3.05, 3.63) is 0 Å². The van der Waals surface area contributed by atoms with Gasteiger partial charge in [-0.1, -0.05) is 27.7 Å². The smallest absolute Gasteiger partial charge is 0.0598 e. The van der Waals surface area contributed by atoms with Crippen molar-refractivity contribution in [2.24, 2.45) is 5.92 Å². The molecule has 0 amide bonds. The van der Waals surface area contributed by atoms with Crippen LogP contribution in [0.15, 0.2) is 0 Å². The maximum Gasteiger partial charge on any atom is 0.0598 e. The average Bonchev–Trinajstić information content (AvgIpc) is 2.09. The molecule has 0 aromatic heterocycles. The number of rotatable bonds is 1. The minimum absolute atomic E-state index is 0.554. The van der Waals surface area contributed by atoms with E-state index in [0.717, 1.165) is 12.5 Å². The molecule has 0 saturated carbocycles. The summed E-state index contributed by atoms with van der Waals surface area (Å²) in [7, 11) is 0. The van der Waals surface area contributed by atoms with Gasteiger partial charge in [-0.15, -0.1) is 0 Å². The number of hydrogen-bond donors (Lipinski definition) is 0. The molecule has 0 aliphatic carbocycles. The molecule has 0 N–H and O–H groups in total. The predicted molar refractivity (Wildman–Crippen MR) is 49.8 cm³/mol. The van der Waals surface area contributed by atoms with Crippen LogP contribution in [-0.4, -0.2) is 12.7 Å². The standard InChI is InChI=1S/C8H16O.C2H6/c1-3-8-7(2)5-4-6-9-8;1-2/h7-8H,3-6H2,1-2H3;1-2H3/t7-,8+;/m0./s1. The van der Waals surface area contributed by atoms with E-state index in [1.54, 1.807) is 0 Å². The highest BCUT2D eigenvalue weighted by Gasteiger charge is 2.19. The van der Waals surface area contributed by atoms with E-state index in [0.29, 0.717) is 6.10 Å². The molecule has 11 heavy (non-hydrogen) atoms. The second-order valence-corrected chi connectivity index (χ2v) is 2.94. The second kappa shape index (κ2) is 6.66. The van der Waals surface area contributed by atoms with Crippen molar-refractivity contribution >= 4 is 0 Å². The molecule has 1 heteroatoms. The lowest BCUT2D eigenvalue weighted by Crippen LogP contribution is -2.26. The first kappa shape index (κ1) is 11.0. The highest BCUT2D eigenvalue weighted by atomic mass is 16.5. The fourth-order valence-corrected chi connectivity index (χ4v) is 1.51. The first-order chi connectivity index (χ1) is 5.34. The molecule has 1 aliphatic rings. The normalized spacial score (nSPS) is 30.5. The molecular formula is C10H22O. The van der Waals surface area contributed by atoms with E-state index >= 15 is 0 Å². The zero-order valence-electron chi connectivity index (χ0n) is 8.39. The minimum Gasteiger partial charge on any atom is -0.378 e. The van der Waals surface area contributed by atoms with Crippen LogP contribution >= 0.6 is 0 Å². The van der Waals surface area contributed by atoms with Gasteiger partial charge >= 0.3 is 0 Å². The lowest BCUT2D eigenvalue weighted by atomic mass is 9.95. The third-order valence-corrected chi connectivity index (χ3v) is 2.17. The van der Waals surface area contributed by atoms with Crippen LogP contribution in [0.3, 0.4) is 0 Å². The average molecular weight is 158 g/mol. The van der Waals surface area contributed by atoms with Crippen molar-refractivity contribution in [2.75, 3.05) is 6.61 Å². The minimum atomic E-state index is 0.554. The van der Waals surface area contributed by atoms with E-state index in [2.05, 4.69) is 13.8 Å². The van der Waals surface area contributed by atoms with Gasteiger partial charge in [0.05, 0.1) is 6.10 Å². The molecule has 0 bridgehead atoms. The Bertz CT molecular complexity index is 80.9. The van der Waals surface area contributed by atoms with Gasteiger partial charge in [0.2, 0.25) is 0 Å². The van der Waals surface area contributed by atoms with Crippen molar-refractivity contribution in [1.29, 1.82) is 0 Å². The van der Waals surface area contributed by atoms with Crippen LogP contribution in [0, 0.1) is 5.92 Å². The molecular weight excluding hydrogens is 136 g/mol. The largest absolute Gasteiger partial charge is 0.378 e. The van der Waals surface area contributed by atoms with E-state index in [9.17, 15) is 0 Å². The van der Waals surface area contributed by atoms with Gasteiger partial charge in [0, 0.05) is 6.61 Å². The summed E-state index contributed by atoms with van der Waals surface area (Å²) >= 11 is 0. The second-order valence-electron chi connectivity index (χ2n) is 2.94. The predicted octanol–water partition coefficient (Wildman–Crippen LogP) is 3.24. The van der Waals surface area contributed by atoms with E-state index in [4.69, 9.17) is 4.74 Å². The Morgan fingerprint density at radius 1 is 1.36 bits per heavy atom. The zero-order valence-corrected chi connectivity index (χ0v) is 8.39. The van der Waals surface area contributed by atoms with Crippen LogP contribution in [-0.2, 0) is 4.74 Å². The molecule has 1 heterocycles. The van der Waals surface area contributed by atoms with Crippen molar-refractivity contribution in [1.82, 2.24) is 0 Å². The van der Waals surface area contributed by atoms with Gasteiger partial charge in [-0.25, -0.2) is 0 Å². The Labute approximate surface area is 71.1 Å². The van der Waals surface area contributed by atoms with Crippen LogP contribution in [0.5, 0.6) is 0 Å². The lowest BCUT2D eigenvalue weighted by Gasteiger charge is -2.27. The molecule has 1 fully saturated rings. The van der Waals surface area contributed by atoms with Crippen molar-refractivity contribution in [2.45, 2.75) is 53.1 Å². The molecule has 0 aromatic carbocycles. The SMILES string of the molecule is CC.CC[C@H]1OCCC[C@@H]1C. The Morgan fingerprint density at radius 3 is 2.36 bits per heavy atom. The van der Waals surface area contributed by atoms with Crippen molar-refractivity contribution < 1.29 is 4.74 Å². The van der Waals surface area contributed by atoms with E-state index in [1.807, 2.05) is 13.8 Å². The fourth-order valence-electron chi connectivity index (χ4n) is 1.51. The molecule has 1 rings (SSSR count). The highest BCUT2D eigenvalue weighted by Crippen LogP contribution is 2.21. The Morgan fingerprint density at radius 2 is 2.00 bits per heavy atom. The molecule has 2 atom stereocenters. The lowest BCUT2D eigenvalue weighted by molar-refractivity contribution is -0.0217. The molecule has 68 valence electrons. The summed E-state index contributed by atoms with van der Waals surface area (Å²) in [4.78, 5) is 0. The molecule has 0 unspecified atom stereocenters. The van der Waals surface area contributed by atoms with Gasteiger partial charge in [0.15, 0.2) is 0 Å². The van der Waals surface area contributed by atoms with Crippen LogP contribution in [0.1, 0.15) is 47.0 Å². The fraction of sp³-hybridized carbons (Fsp3) is 1.00. The van der Waals surface area contributed by atoms with Gasteiger partial charge in [0.25, 0.3) is 0 Å². The third kappa shape index (κ3) is 3.76. The van der Waals surface area contributed by atoms with Crippen LogP contribution < -0.4 is 0 Å². The quantitative estimate of drug-likeness (QED) is 0.569. The number of hydrogen-bond acceptors (Lipinski definition) is 1. The summed E-state index contributed by atoms with van der Waals surface area (Å²) in [5.41, 5.74) is 0. The molecule has 1 nitrogen and oxygen atoms in total. The van der Waals surface area contributed by atoms with Crippen molar-refractivity contribution in [3.63, 3.8) is 0 Å². The zero-order chi connectivity index (χ0) is 8.69. The Kier molecular flexibility index (Phi) is 6.63. The summed E-state index contributed by atoms with van der Waals surface area (Å²) in [5.74, 6) is 0.795. The first-order valence-electron chi connectivity index (χ1n) is 4.96. The summed E-state index contributed by atoms with van der Waals surface area (Å²) in [6.45, 7) is 9.47. The third-order valence-electron chi connectivity index (χ3n) is 2.17.